The van der Waals surface area contributed by atoms with Crippen molar-refractivity contribution in [1.82, 2.24) is 14.5 Å². The second kappa shape index (κ2) is 6.59. The van der Waals surface area contributed by atoms with Crippen LogP contribution in [0.15, 0.2) is 35.4 Å². The summed E-state index contributed by atoms with van der Waals surface area (Å²) >= 11 is 0. The summed E-state index contributed by atoms with van der Waals surface area (Å²) in [6, 6.07) is 6.95. The Morgan fingerprint density at radius 1 is 1.28 bits per heavy atom. The Bertz CT molecular complexity index is 959. The predicted octanol–water partition coefficient (Wildman–Crippen LogP) is 0.678. The van der Waals surface area contributed by atoms with Crippen molar-refractivity contribution >= 4 is 26.6 Å². The minimum atomic E-state index is -3.17. The first kappa shape index (κ1) is 17.6. The second-order valence-electron chi connectivity index (χ2n) is 6.84. The van der Waals surface area contributed by atoms with Crippen LogP contribution in [-0.4, -0.2) is 52.9 Å². The lowest BCUT2D eigenvalue weighted by molar-refractivity contribution is -0.135. The minimum absolute atomic E-state index is 0.0667. The first-order valence-electron chi connectivity index (χ1n) is 8.21. The van der Waals surface area contributed by atoms with Gasteiger partial charge < -0.3 is 4.90 Å². The summed E-state index contributed by atoms with van der Waals surface area (Å²) in [7, 11) is -3.17. The monoisotopic (exact) mass is 363 g/mol. The Morgan fingerprint density at radius 2 is 1.96 bits per heavy atom. The van der Waals surface area contributed by atoms with Gasteiger partial charge in [0.05, 0.1) is 28.2 Å². The number of carbonyl (C=O) groups excluding carboxylic acids is 1. The first-order chi connectivity index (χ1) is 11.8. The van der Waals surface area contributed by atoms with E-state index >= 15 is 0 Å². The summed E-state index contributed by atoms with van der Waals surface area (Å²) in [6.07, 6.45) is 1.36. The van der Waals surface area contributed by atoms with Crippen LogP contribution in [0, 0.1) is 5.92 Å². The SMILES string of the molecule is CC(C)CS(=O)(=O)C1CN(C(=O)Cn2cnc3ccccc3c2=O)C1. The molecule has 0 bridgehead atoms. The molecule has 1 aromatic carbocycles. The summed E-state index contributed by atoms with van der Waals surface area (Å²) in [4.78, 5) is 30.4. The number of hydrogen-bond acceptors (Lipinski definition) is 5. The van der Waals surface area contributed by atoms with Crippen LogP contribution in [0.25, 0.3) is 10.9 Å². The number of aromatic nitrogens is 2. The molecule has 3 rings (SSSR count). The average molecular weight is 363 g/mol. The quantitative estimate of drug-likeness (QED) is 0.779. The van der Waals surface area contributed by atoms with Gasteiger partial charge >= 0.3 is 0 Å². The topological polar surface area (TPSA) is 89.3 Å². The van der Waals surface area contributed by atoms with E-state index in [1.54, 1.807) is 24.3 Å². The third-order valence-electron chi connectivity index (χ3n) is 4.31. The van der Waals surface area contributed by atoms with E-state index in [1.807, 2.05) is 13.8 Å². The largest absolute Gasteiger partial charge is 0.338 e. The highest BCUT2D eigenvalue weighted by Crippen LogP contribution is 2.19. The van der Waals surface area contributed by atoms with Gasteiger partial charge in [-0.2, -0.15) is 0 Å². The van der Waals surface area contributed by atoms with E-state index in [1.165, 1.54) is 15.8 Å². The van der Waals surface area contributed by atoms with Gasteiger partial charge in [0.1, 0.15) is 6.54 Å². The van der Waals surface area contributed by atoms with E-state index < -0.39 is 15.1 Å². The van der Waals surface area contributed by atoms with Crippen LogP contribution in [0.3, 0.4) is 0 Å². The van der Waals surface area contributed by atoms with Gasteiger partial charge in [-0.1, -0.05) is 26.0 Å². The number of amides is 1. The summed E-state index contributed by atoms with van der Waals surface area (Å²) in [5.74, 6) is -0.0690. The molecule has 2 aromatic rings. The fourth-order valence-corrected chi connectivity index (χ4v) is 4.95. The standard InChI is InChI=1S/C17H21N3O4S/c1-12(2)10-25(23,24)13-7-19(8-13)16(21)9-20-11-18-15-6-4-3-5-14(15)17(20)22/h3-6,11-13H,7-10H2,1-2H3. The average Bonchev–Trinajstić information content (AvgIpc) is 2.47. The van der Waals surface area contributed by atoms with Crippen molar-refractivity contribution in [1.29, 1.82) is 0 Å². The van der Waals surface area contributed by atoms with E-state index in [9.17, 15) is 18.0 Å². The predicted molar refractivity (Wildman–Crippen MR) is 95.0 cm³/mol. The van der Waals surface area contributed by atoms with Crippen LogP contribution in [0.4, 0.5) is 0 Å². The zero-order chi connectivity index (χ0) is 18.2. The van der Waals surface area contributed by atoms with E-state index in [0.717, 1.165) is 0 Å². The summed E-state index contributed by atoms with van der Waals surface area (Å²) in [6.45, 7) is 3.98. The van der Waals surface area contributed by atoms with E-state index in [2.05, 4.69) is 4.98 Å². The molecule has 0 saturated carbocycles. The third kappa shape index (κ3) is 3.58. The fraction of sp³-hybridized carbons (Fsp3) is 0.471. The first-order valence-corrected chi connectivity index (χ1v) is 9.93. The number of benzene rings is 1. The fourth-order valence-electron chi connectivity index (χ4n) is 2.93. The number of likely N-dealkylation sites (tertiary alicyclic amines) is 1. The Morgan fingerprint density at radius 3 is 2.64 bits per heavy atom. The summed E-state index contributed by atoms with van der Waals surface area (Å²) in [5, 5.41) is -0.0379. The molecular weight excluding hydrogens is 342 g/mol. The smallest absolute Gasteiger partial charge is 0.261 e. The van der Waals surface area contributed by atoms with Gasteiger partial charge in [0.25, 0.3) is 5.56 Å². The Hall–Kier alpha value is -2.22. The van der Waals surface area contributed by atoms with Crippen LogP contribution in [0.2, 0.25) is 0 Å². The molecule has 0 atom stereocenters. The maximum atomic E-state index is 12.4. The normalized spacial score (nSPS) is 15.6. The Labute approximate surface area is 146 Å². The van der Waals surface area contributed by atoms with E-state index in [0.29, 0.717) is 10.9 Å². The zero-order valence-electron chi connectivity index (χ0n) is 14.3. The molecule has 0 aliphatic carbocycles. The highest BCUT2D eigenvalue weighted by molar-refractivity contribution is 7.92. The van der Waals surface area contributed by atoms with Crippen molar-refractivity contribution in [3.8, 4) is 0 Å². The van der Waals surface area contributed by atoms with Gasteiger partial charge in [0, 0.05) is 13.1 Å². The van der Waals surface area contributed by atoms with E-state index in [-0.39, 0.29) is 42.8 Å². The molecule has 0 radical (unpaired) electrons. The molecule has 2 heterocycles. The number of rotatable bonds is 5. The molecule has 0 spiro atoms. The third-order valence-corrected chi connectivity index (χ3v) is 6.76. The molecule has 0 unspecified atom stereocenters. The molecule has 1 aliphatic heterocycles. The maximum Gasteiger partial charge on any atom is 0.261 e. The Kier molecular flexibility index (Phi) is 4.64. The molecule has 1 amide bonds. The van der Waals surface area contributed by atoms with Gasteiger partial charge in [-0.25, -0.2) is 13.4 Å². The number of nitrogens with zero attached hydrogens (tertiary/aromatic N) is 3. The molecule has 1 aromatic heterocycles. The minimum Gasteiger partial charge on any atom is -0.338 e. The van der Waals surface area contributed by atoms with Gasteiger partial charge in [-0.15, -0.1) is 0 Å². The molecule has 7 nitrogen and oxygen atoms in total. The van der Waals surface area contributed by atoms with Crippen molar-refractivity contribution in [2.45, 2.75) is 25.6 Å². The molecule has 0 N–H and O–H groups in total. The lowest BCUT2D eigenvalue weighted by atomic mass is 10.2. The lowest BCUT2D eigenvalue weighted by Crippen LogP contribution is -2.58. The maximum absolute atomic E-state index is 12.4. The van der Waals surface area contributed by atoms with Crippen molar-refractivity contribution in [2.75, 3.05) is 18.8 Å². The van der Waals surface area contributed by atoms with Crippen LogP contribution in [-0.2, 0) is 21.2 Å². The van der Waals surface area contributed by atoms with Crippen molar-refractivity contribution in [3.05, 3.63) is 40.9 Å². The lowest BCUT2D eigenvalue weighted by Gasteiger charge is -2.39. The van der Waals surface area contributed by atoms with Crippen LogP contribution < -0.4 is 5.56 Å². The van der Waals surface area contributed by atoms with Crippen molar-refractivity contribution < 1.29 is 13.2 Å². The van der Waals surface area contributed by atoms with Gasteiger partial charge in [0.2, 0.25) is 5.91 Å². The highest BCUT2D eigenvalue weighted by Gasteiger charge is 2.39. The number of para-hydroxylation sites is 1. The van der Waals surface area contributed by atoms with Crippen LogP contribution >= 0.6 is 0 Å². The summed E-state index contributed by atoms with van der Waals surface area (Å²) < 4.78 is 25.6. The molecular formula is C17H21N3O4S. The number of sulfone groups is 1. The van der Waals surface area contributed by atoms with Crippen molar-refractivity contribution in [2.24, 2.45) is 5.92 Å². The molecule has 25 heavy (non-hydrogen) atoms. The Balaban J connectivity index is 1.67. The van der Waals surface area contributed by atoms with Gasteiger partial charge in [-0.05, 0) is 18.1 Å². The highest BCUT2D eigenvalue weighted by atomic mass is 32.2. The molecule has 8 heteroatoms. The number of carbonyl (C=O) groups is 1. The molecule has 1 fully saturated rings. The molecule has 134 valence electrons. The second-order valence-corrected chi connectivity index (χ2v) is 9.16. The van der Waals surface area contributed by atoms with Crippen LogP contribution in [0.5, 0.6) is 0 Å². The van der Waals surface area contributed by atoms with Crippen molar-refractivity contribution in [3.63, 3.8) is 0 Å². The zero-order valence-corrected chi connectivity index (χ0v) is 15.1. The summed E-state index contributed by atoms with van der Waals surface area (Å²) in [5.41, 5.74) is 0.309. The van der Waals surface area contributed by atoms with Gasteiger partial charge in [-0.3, -0.25) is 14.2 Å². The molecule has 1 aliphatic rings. The molecule has 1 saturated heterocycles. The van der Waals surface area contributed by atoms with E-state index in [4.69, 9.17) is 0 Å². The number of hydrogen-bond donors (Lipinski definition) is 0. The van der Waals surface area contributed by atoms with Gasteiger partial charge in [0.15, 0.2) is 9.84 Å². The van der Waals surface area contributed by atoms with Crippen LogP contribution in [0.1, 0.15) is 13.8 Å². The number of fused-ring (bicyclic) bond motifs is 1.